The molecule has 0 aromatic heterocycles. The minimum Gasteiger partial charge on any atom is -0.372 e. The first-order chi connectivity index (χ1) is 8.01. The van der Waals surface area contributed by atoms with Crippen LogP contribution in [0.2, 0.25) is 0 Å². The number of nitrogens with zero attached hydrogens (tertiary/aromatic N) is 1. The maximum absolute atomic E-state index is 13.6. The van der Waals surface area contributed by atoms with Crippen molar-refractivity contribution in [2.45, 2.75) is 40.2 Å². The average molecular weight is 238 g/mol. The Hall–Kier alpha value is -1.09. The average Bonchev–Trinajstić information content (AvgIpc) is 2.29. The molecule has 0 amide bonds. The van der Waals surface area contributed by atoms with Crippen molar-refractivity contribution in [2.24, 2.45) is 5.73 Å². The van der Waals surface area contributed by atoms with Crippen molar-refractivity contribution in [3.8, 4) is 0 Å². The second kappa shape index (κ2) is 6.01. The summed E-state index contributed by atoms with van der Waals surface area (Å²) < 4.78 is 13.6. The van der Waals surface area contributed by atoms with E-state index in [1.54, 1.807) is 13.0 Å². The maximum atomic E-state index is 13.6. The van der Waals surface area contributed by atoms with Gasteiger partial charge in [0, 0.05) is 24.8 Å². The molecule has 0 heterocycles. The van der Waals surface area contributed by atoms with Crippen LogP contribution in [0.25, 0.3) is 0 Å². The third kappa shape index (κ3) is 3.19. The van der Waals surface area contributed by atoms with Gasteiger partial charge < -0.3 is 10.6 Å². The lowest BCUT2D eigenvalue weighted by Gasteiger charge is -2.27. The minimum absolute atomic E-state index is 0.147. The van der Waals surface area contributed by atoms with Gasteiger partial charge in [-0.3, -0.25) is 0 Å². The molecule has 1 rings (SSSR count). The minimum atomic E-state index is -0.173. The van der Waals surface area contributed by atoms with E-state index in [9.17, 15) is 4.39 Å². The number of nitrogens with two attached hydrogens (primary N) is 1. The second-order valence-electron chi connectivity index (χ2n) is 4.53. The van der Waals surface area contributed by atoms with Crippen molar-refractivity contribution in [3.05, 3.63) is 29.1 Å². The second-order valence-corrected chi connectivity index (χ2v) is 4.53. The first-order valence-electron chi connectivity index (χ1n) is 6.31. The molecule has 0 spiro atoms. The van der Waals surface area contributed by atoms with Gasteiger partial charge in [-0.1, -0.05) is 6.92 Å². The van der Waals surface area contributed by atoms with Crippen LogP contribution >= 0.6 is 0 Å². The van der Waals surface area contributed by atoms with Crippen LogP contribution in [0.5, 0.6) is 0 Å². The largest absolute Gasteiger partial charge is 0.372 e. The predicted octanol–water partition coefficient (Wildman–Crippen LogP) is 3.39. The molecule has 0 radical (unpaired) electrons. The fourth-order valence-electron chi connectivity index (χ4n) is 2.04. The van der Waals surface area contributed by atoms with Crippen LogP contribution in [-0.2, 0) is 0 Å². The summed E-state index contributed by atoms with van der Waals surface area (Å²) in [5, 5.41) is 0. The van der Waals surface area contributed by atoms with Crippen molar-refractivity contribution in [3.63, 3.8) is 0 Å². The lowest BCUT2D eigenvalue weighted by Crippen LogP contribution is -2.26. The first-order valence-corrected chi connectivity index (χ1v) is 6.31. The van der Waals surface area contributed by atoms with Crippen LogP contribution in [0, 0.1) is 12.7 Å². The maximum Gasteiger partial charge on any atom is 0.126 e. The van der Waals surface area contributed by atoms with E-state index in [4.69, 9.17) is 5.73 Å². The molecule has 0 saturated heterocycles. The van der Waals surface area contributed by atoms with Crippen molar-refractivity contribution in [1.29, 1.82) is 0 Å². The van der Waals surface area contributed by atoms with Crippen LogP contribution in [0.15, 0.2) is 12.1 Å². The van der Waals surface area contributed by atoms with E-state index in [0.29, 0.717) is 5.56 Å². The summed E-state index contributed by atoms with van der Waals surface area (Å²) >= 11 is 0. The molecule has 1 atom stereocenters. The zero-order valence-corrected chi connectivity index (χ0v) is 11.3. The van der Waals surface area contributed by atoms with E-state index >= 15 is 0 Å². The first kappa shape index (κ1) is 14.0. The fourth-order valence-corrected chi connectivity index (χ4v) is 2.04. The summed E-state index contributed by atoms with van der Waals surface area (Å²) in [6.07, 6.45) is 1.07. The molecule has 3 heteroatoms. The Morgan fingerprint density at radius 3 is 2.47 bits per heavy atom. The summed E-state index contributed by atoms with van der Waals surface area (Å²) in [4.78, 5) is 2.26. The van der Waals surface area contributed by atoms with E-state index in [0.717, 1.165) is 30.8 Å². The molecule has 96 valence electrons. The topological polar surface area (TPSA) is 29.3 Å². The van der Waals surface area contributed by atoms with E-state index in [2.05, 4.69) is 18.7 Å². The number of anilines is 1. The zero-order valence-electron chi connectivity index (χ0n) is 11.3. The molecule has 0 aliphatic carbocycles. The molecule has 0 aliphatic rings. The molecule has 0 unspecified atom stereocenters. The third-order valence-electron chi connectivity index (χ3n) is 3.01. The number of hydrogen-bond acceptors (Lipinski definition) is 2. The Kier molecular flexibility index (Phi) is 4.94. The smallest absolute Gasteiger partial charge is 0.126 e. The summed E-state index contributed by atoms with van der Waals surface area (Å²) in [5.74, 6) is -0.173. The number of hydrogen-bond donors (Lipinski definition) is 1. The number of aryl methyl sites for hydroxylation is 1. The Labute approximate surface area is 104 Å². The Balaban J connectivity index is 3.23. The van der Waals surface area contributed by atoms with Crippen LogP contribution in [0.1, 0.15) is 44.4 Å². The van der Waals surface area contributed by atoms with Gasteiger partial charge in [0.2, 0.25) is 0 Å². The van der Waals surface area contributed by atoms with Crippen LogP contribution in [0.4, 0.5) is 10.1 Å². The Morgan fingerprint density at radius 1 is 1.35 bits per heavy atom. The van der Waals surface area contributed by atoms with Gasteiger partial charge in [0.25, 0.3) is 0 Å². The predicted molar refractivity (Wildman–Crippen MR) is 71.9 cm³/mol. The van der Waals surface area contributed by atoms with E-state index in [1.165, 1.54) is 0 Å². The SMILES string of the molecule is CCCN(CC)c1cc(C)c(F)cc1[C@@H](C)N. The normalized spacial score (nSPS) is 12.6. The van der Waals surface area contributed by atoms with Gasteiger partial charge in [0.05, 0.1) is 0 Å². The molecule has 17 heavy (non-hydrogen) atoms. The summed E-state index contributed by atoms with van der Waals surface area (Å²) in [5.41, 5.74) is 8.57. The molecule has 0 bridgehead atoms. The molecular formula is C14H23FN2. The molecule has 0 aliphatic heterocycles. The highest BCUT2D eigenvalue weighted by atomic mass is 19.1. The van der Waals surface area contributed by atoms with E-state index in [-0.39, 0.29) is 11.9 Å². The molecular weight excluding hydrogens is 215 g/mol. The van der Waals surface area contributed by atoms with Crippen molar-refractivity contribution < 1.29 is 4.39 Å². The van der Waals surface area contributed by atoms with Crippen LogP contribution in [0.3, 0.4) is 0 Å². The third-order valence-corrected chi connectivity index (χ3v) is 3.01. The zero-order chi connectivity index (χ0) is 13.0. The molecule has 2 nitrogen and oxygen atoms in total. The van der Waals surface area contributed by atoms with Gasteiger partial charge in [-0.25, -0.2) is 4.39 Å². The van der Waals surface area contributed by atoms with Crippen molar-refractivity contribution in [2.75, 3.05) is 18.0 Å². The van der Waals surface area contributed by atoms with Gasteiger partial charge in [0.15, 0.2) is 0 Å². The number of rotatable bonds is 5. The fraction of sp³-hybridized carbons (Fsp3) is 0.571. The monoisotopic (exact) mass is 238 g/mol. The Morgan fingerprint density at radius 2 is 2.00 bits per heavy atom. The van der Waals surface area contributed by atoms with Gasteiger partial charge in [0.1, 0.15) is 5.82 Å². The molecule has 0 saturated carbocycles. The van der Waals surface area contributed by atoms with Crippen molar-refractivity contribution in [1.82, 2.24) is 0 Å². The lowest BCUT2D eigenvalue weighted by molar-refractivity contribution is 0.612. The van der Waals surface area contributed by atoms with Gasteiger partial charge in [-0.05, 0) is 50.5 Å². The van der Waals surface area contributed by atoms with Gasteiger partial charge in [-0.15, -0.1) is 0 Å². The van der Waals surface area contributed by atoms with Crippen LogP contribution < -0.4 is 10.6 Å². The van der Waals surface area contributed by atoms with Gasteiger partial charge in [-0.2, -0.15) is 0 Å². The lowest BCUT2D eigenvalue weighted by atomic mass is 10.0. The highest BCUT2D eigenvalue weighted by molar-refractivity contribution is 5.57. The Bertz CT molecular complexity index is 375. The summed E-state index contributed by atoms with van der Waals surface area (Å²) in [6.45, 7) is 9.83. The highest BCUT2D eigenvalue weighted by Crippen LogP contribution is 2.28. The van der Waals surface area contributed by atoms with Crippen LogP contribution in [-0.4, -0.2) is 13.1 Å². The summed E-state index contributed by atoms with van der Waals surface area (Å²) in [6, 6.07) is 3.34. The molecule has 1 aromatic carbocycles. The van der Waals surface area contributed by atoms with E-state index < -0.39 is 0 Å². The van der Waals surface area contributed by atoms with E-state index in [1.807, 2.05) is 13.0 Å². The molecule has 2 N–H and O–H groups in total. The quantitative estimate of drug-likeness (QED) is 0.852. The summed E-state index contributed by atoms with van der Waals surface area (Å²) in [7, 11) is 0. The highest BCUT2D eigenvalue weighted by Gasteiger charge is 2.14. The van der Waals surface area contributed by atoms with Crippen molar-refractivity contribution >= 4 is 5.69 Å². The number of halogens is 1. The number of benzene rings is 1. The standard InChI is InChI=1S/C14H23FN2/c1-5-7-17(6-2)14-8-10(3)13(15)9-12(14)11(4)16/h8-9,11H,5-7,16H2,1-4H3/t11-/m1/s1. The van der Waals surface area contributed by atoms with Gasteiger partial charge >= 0.3 is 0 Å². The molecule has 1 aromatic rings. The molecule has 0 fully saturated rings.